The molecule has 1 aliphatic rings. The zero-order chi connectivity index (χ0) is 24.0. The summed E-state index contributed by atoms with van der Waals surface area (Å²) < 4.78 is 38.1. The SMILES string of the molecule is COc1ccc(CNC(=O)C(C)N2CCCN(S(=O)(=O)c3ccc(C)cc3)CC2)cc1OC. The first kappa shape index (κ1) is 25.0. The molecule has 1 amide bonds. The number of rotatable bonds is 8. The summed E-state index contributed by atoms with van der Waals surface area (Å²) in [5.74, 6) is 1.15. The van der Waals surface area contributed by atoms with Crippen molar-refractivity contribution < 1.29 is 22.7 Å². The van der Waals surface area contributed by atoms with Gasteiger partial charge in [0.15, 0.2) is 11.5 Å². The summed E-state index contributed by atoms with van der Waals surface area (Å²) in [6.07, 6.45) is 0.665. The number of carbonyl (C=O) groups excluding carboxylic acids is 1. The highest BCUT2D eigenvalue weighted by Crippen LogP contribution is 2.27. The Hall–Kier alpha value is -2.62. The van der Waals surface area contributed by atoms with Crippen LogP contribution in [0, 0.1) is 6.92 Å². The van der Waals surface area contributed by atoms with Crippen molar-refractivity contribution in [2.75, 3.05) is 40.4 Å². The summed E-state index contributed by atoms with van der Waals surface area (Å²) in [6.45, 7) is 6.09. The van der Waals surface area contributed by atoms with Crippen molar-refractivity contribution in [3.05, 3.63) is 53.6 Å². The largest absolute Gasteiger partial charge is 0.493 e. The van der Waals surface area contributed by atoms with Gasteiger partial charge >= 0.3 is 0 Å². The highest BCUT2D eigenvalue weighted by Gasteiger charge is 2.29. The molecular formula is C24H33N3O5S. The van der Waals surface area contributed by atoms with E-state index in [1.54, 1.807) is 26.4 Å². The normalized spacial score (nSPS) is 16.6. The molecule has 1 atom stereocenters. The maximum Gasteiger partial charge on any atom is 0.243 e. The van der Waals surface area contributed by atoms with E-state index in [4.69, 9.17) is 9.47 Å². The maximum absolute atomic E-state index is 13.0. The van der Waals surface area contributed by atoms with Crippen LogP contribution < -0.4 is 14.8 Å². The lowest BCUT2D eigenvalue weighted by Crippen LogP contribution is -2.46. The van der Waals surface area contributed by atoms with Gasteiger partial charge in [-0.1, -0.05) is 23.8 Å². The Bertz CT molecular complexity index is 1060. The molecule has 1 aliphatic heterocycles. The second-order valence-electron chi connectivity index (χ2n) is 8.19. The molecule has 1 unspecified atom stereocenters. The Kier molecular flexibility index (Phi) is 8.34. The average Bonchev–Trinajstić information content (AvgIpc) is 3.09. The van der Waals surface area contributed by atoms with Gasteiger partial charge in [0.05, 0.1) is 25.2 Å². The van der Waals surface area contributed by atoms with Gasteiger partial charge < -0.3 is 14.8 Å². The first-order valence-corrected chi connectivity index (χ1v) is 12.5. The molecule has 0 aliphatic carbocycles. The van der Waals surface area contributed by atoms with Gasteiger partial charge in [-0.3, -0.25) is 9.69 Å². The van der Waals surface area contributed by atoms with E-state index in [1.165, 1.54) is 4.31 Å². The molecule has 0 spiro atoms. The third-order valence-electron chi connectivity index (χ3n) is 5.99. The van der Waals surface area contributed by atoms with E-state index in [-0.39, 0.29) is 11.9 Å². The van der Waals surface area contributed by atoms with Crippen molar-refractivity contribution >= 4 is 15.9 Å². The van der Waals surface area contributed by atoms with Crippen LogP contribution in [0.15, 0.2) is 47.4 Å². The van der Waals surface area contributed by atoms with Gasteiger partial charge in [0, 0.05) is 32.7 Å². The van der Waals surface area contributed by atoms with Crippen LogP contribution in [-0.4, -0.2) is 70.0 Å². The summed E-state index contributed by atoms with van der Waals surface area (Å²) in [5.41, 5.74) is 1.92. The molecule has 2 aromatic rings. The first-order chi connectivity index (χ1) is 15.8. The van der Waals surface area contributed by atoms with E-state index in [0.717, 1.165) is 11.1 Å². The van der Waals surface area contributed by atoms with Gasteiger partial charge in [0.25, 0.3) is 0 Å². The second kappa shape index (κ2) is 11.0. The number of ether oxygens (including phenoxy) is 2. The highest BCUT2D eigenvalue weighted by atomic mass is 32.2. The molecule has 180 valence electrons. The Morgan fingerprint density at radius 1 is 1.00 bits per heavy atom. The number of hydrogen-bond donors (Lipinski definition) is 1. The summed E-state index contributed by atoms with van der Waals surface area (Å²) in [5, 5.41) is 2.97. The molecule has 2 aromatic carbocycles. The van der Waals surface area contributed by atoms with E-state index in [2.05, 4.69) is 5.32 Å². The minimum atomic E-state index is -3.55. The van der Waals surface area contributed by atoms with Crippen LogP contribution in [0.5, 0.6) is 11.5 Å². The topological polar surface area (TPSA) is 88.2 Å². The van der Waals surface area contributed by atoms with Crippen LogP contribution in [0.25, 0.3) is 0 Å². The number of carbonyl (C=O) groups is 1. The first-order valence-electron chi connectivity index (χ1n) is 11.1. The molecule has 3 rings (SSSR count). The smallest absolute Gasteiger partial charge is 0.243 e. The third-order valence-corrected chi connectivity index (χ3v) is 7.90. The monoisotopic (exact) mass is 475 g/mol. The van der Waals surface area contributed by atoms with Gasteiger partial charge in [-0.15, -0.1) is 0 Å². The third kappa shape index (κ3) is 6.04. The Balaban J connectivity index is 1.58. The van der Waals surface area contributed by atoms with Crippen molar-refractivity contribution in [2.45, 2.75) is 37.8 Å². The number of hydrogen-bond acceptors (Lipinski definition) is 6. The number of aryl methyl sites for hydroxylation is 1. The van der Waals surface area contributed by atoms with Crippen molar-refractivity contribution in [1.29, 1.82) is 0 Å². The summed E-state index contributed by atoms with van der Waals surface area (Å²) >= 11 is 0. The molecule has 8 nitrogen and oxygen atoms in total. The molecule has 1 saturated heterocycles. The molecule has 33 heavy (non-hydrogen) atoms. The van der Waals surface area contributed by atoms with Gasteiger partial charge in [-0.25, -0.2) is 8.42 Å². The van der Waals surface area contributed by atoms with Gasteiger partial charge in [0.2, 0.25) is 15.9 Å². The fourth-order valence-electron chi connectivity index (χ4n) is 3.89. The lowest BCUT2D eigenvalue weighted by atomic mass is 10.2. The Labute approximate surface area is 196 Å². The zero-order valence-electron chi connectivity index (χ0n) is 19.7. The van der Waals surface area contributed by atoms with Crippen molar-refractivity contribution in [3.8, 4) is 11.5 Å². The quantitative estimate of drug-likeness (QED) is 0.631. The van der Waals surface area contributed by atoms with Crippen LogP contribution in [0.4, 0.5) is 0 Å². The van der Waals surface area contributed by atoms with E-state index >= 15 is 0 Å². The van der Waals surface area contributed by atoms with Crippen molar-refractivity contribution in [3.63, 3.8) is 0 Å². The molecule has 1 N–H and O–H groups in total. The zero-order valence-corrected chi connectivity index (χ0v) is 20.5. The molecule has 0 aromatic heterocycles. The summed E-state index contributed by atoms with van der Waals surface area (Å²) in [4.78, 5) is 15.1. The van der Waals surface area contributed by atoms with Gasteiger partial charge in [-0.2, -0.15) is 4.31 Å². The maximum atomic E-state index is 13.0. The van der Waals surface area contributed by atoms with Crippen molar-refractivity contribution in [2.24, 2.45) is 0 Å². The molecule has 9 heteroatoms. The van der Waals surface area contributed by atoms with Crippen molar-refractivity contribution in [1.82, 2.24) is 14.5 Å². The molecule has 0 saturated carbocycles. The van der Waals surface area contributed by atoms with Crippen LogP contribution in [0.1, 0.15) is 24.5 Å². The lowest BCUT2D eigenvalue weighted by molar-refractivity contribution is -0.126. The molecular weight excluding hydrogens is 442 g/mol. The summed E-state index contributed by atoms with van der Waals surface area (Å²) in [6, 6.07) is 12.1. The van der Waals surface area contributed by atoms with Crippen LogP contribution in [0.2, 0.25) is 0 Å². The number of nitrogens with zero attached hydrogens (tertiary/aromatic N) is 2. The van der Waals surface area contributed by atoms with E-state index in [0.29, 0.717) is 55.5 Å². The van der Waals surface area contributed by atoms with Crippen LogP contribution in [0.3, 0.4) is 0 Å². The Morgan fingerprint density at radius 3 is 2.36 bits per heavy atom. The highest BCUT2D eigenvalue weighted by molar-refractivity contribution is 7.89. The van der Waals surface area contributed by atoms with E-state index in [1.807, 2.05) is 49.1 Å². The van der Waals surface area contributed by atoms with Crippen LogP contribution >= 0.6 is 0 Å². The molecule has 1 heterocycles. The summed E-state index contributed by atoms with van der Waals surface area (Å²) in [7, 11) is -0.394. The average molecular weight is 476 g/mol. The standard InChI is InChI=1S/C24H33N3O5S/c1-18-6-9-21(10-7-18)33(29,30)27-13-5-12-26(14-15-27)19(2)24(28)25-17-20-8-11-22(31-3)23(16-20)32-4/h6-11,16,19H,5,12-15,17H2,1-4H3,(H,25,28). The predicted molar refractivity (Wildman–Crippen MR) is 127 cm³/mol. The van der Waals surface area contributed by atoms with Gasteiger partial charge in [0.1, 0.15) is 0 Å². The molecule has 1 fully saturated rings. The number of methoxy groups -OCH3 is 2. The molecule has 0 bridgehead atoms. The number of benzene rings is 2. The Morgan fingerprint density at radius 2 is 1.70 bits per heavy atom. The fraction of sp³-hybridized carbons (Fsp3) is 0.458. The lowest BCUT2D eigenvalue weighted by Gasteiger charge is -2.27. The van der Waals surface area contributed by atoms with E-state index in [9.17, 15) is 13.2 Å². The number of amides is 1. The van der Waals surface area contributed by atoms with Crippen LogP contribution in [-0.2, 0) is 21.4 Å². The number of sulfonamides is 1. The predicted octanol–water partition coefficient (Wildman–Crippen LogP) is 2.41. The van der Waals surface area contributed by atoms with E-state index < -0.39 is 10.0 Å². The second-order valence-corrected chi connectivity index (χ2v) is 10.1. The molecule has 0 radical (unpaired) electrons. The minimum absolute atomic E-state index is 0.0976. The number of nitrogens with one attached hydrogen (secondary N) is 1. The fourth-order valence-corrected chi connectivity index (χ4v) is 5.36. The van der Waals surface area contributed by atoms with Gasteiger partial charge in [-0.05, 0) is 50.1 Å². The minimum Gasteiger partial charge on any atom is -0.493 e.